The van der Waals surface area contributed by atoms with Crippen molar-refractivity contribution in [1.29, 1.82) is 0 Å². The first-order valence-electron chi connectivity index (χ1n) is 4.82. The van der Waals surface area contributed by atoms with E-state index in [0.29, 0.717) is 6.42 Å². The third kappa shape index (κ3) is 1.98. The van der Waals surface area contributed by atoms with E-state index in [2.05, 4.69) is 10.6 Å². The van der Waals surface area contributed by atoms with Gasteiger partial charge in [-0.05, 0) is 18.1 Å². The topological polar surface area (TPSA) is 58.2 Å². The molecule has 2 rings (SSSR count). The first-order chi connectivity index (χ1) is 7.16. The van der Waals surface area contributed by atoms with Gasteiger partial charge in [0.2, 0.25) is 5.91 Å². The number of nitrogens with one attached hydrogen (secondary N) is 2. The van der Waals surface area contributed by atoms with Crippen LogP contribution < -0.4 is 10.6 Å². The minimum absolute atomic E-state index is 0.201. The van der Waals surface area contributed by atoms with Crippen LogP contribution in [0.3, 0.4) is 0 Å². The third-order valence-corrected chi connectivity index (χ3v) is 2.51. The predicted octanol–water partition coefficient (Wildman–Crippen LogP) is 1.27. The maximum Gasteiger partial charge on any atom is 0.321 e. The summed E-state index contributed by atoms with van der Waals surface area (Å²) in [6.07, 6.45) is 0.302. The monoisotopic (exact) mass is 204 g/mol. The molecular formula is C11H12N2O2. The van der Waals surface area contributed by atoms with Crippen LogP contribution in [-0.2, 0) is 4.79 Å². The number of carbonyl (C=O) groups excluding carboxylic acids is 2. The predicted molar refractivity (Wildman–Crippen MR) is 55.2 cm³/mol. The van der Waals surface area contributed by atoms with Gasteiger partial charge in [-0.15, -0.1) is 0 Å². The quantitative estimate of drug-likeness (QED) is 0.723. The van der Waals surface area contributed by atoms with E-state index in [-0.39, 0.29) is 11.9 Å². The molecule has 1 fully saturated rings. The first kappa shape index (κ1) is 9.71. The molecule has 1 saturated heterocycles. The maximum absolute atomic E-state index is 11.2. The number of hydrogen-bond donors (Lipinski definition) is 2. The van der Waals surface area contributed by atoms with Crippen LogP contribution in [0.15, 0.2) is 24.3 Å². The summed E-state index contributed by atoms with van der Waals surface area (Å²) < 4.78 is 0. The van der Waals surface area contributed by atoms with Gasteiger partial charge in [-0.1, -0.05) is 24.3 Å². The lowest BCUT2D eigenvalue weighted by atomic mass is 9.98. The number of hydrogen-bond acceptors (Lipinski definition) is 2. The van der Waals surface area contributed by atoms with Crippen LogP contribution in [-0.4, -0.2) is 11.9 Å². The highest BCUT2D eigenvalue weighted by Crippen LogP contribution is 2.21. The van der Waals surface area contributed by atoms with E-state index in [4.69, 9.17) is 0 Å². The molecule has 1 aliphatic heterocycles. The maximum atomic E-state index is 11.2. The van der Waals surface area contributed by atoms with Gasteiger partial charge >= 0.3 is 6.03 Å². The van der Waals surface area contributed by atoms with Crippen molar-refractivity contribution in [3.8, 4) is 0 Å². The first-order valence-corrected chi connectivity index (χ1v) is 4.82. The molecule has 78 valence electrons. The Balaban J connectivity index is 2.27. The van der Waals surface area contributed by atoms with Crippen LogP contribution in [0, 0.1) is 6.92 Å². The number of imide groups is 1. The van der Waals surface area contributed by atoms with Gasteiger partial charge in [0.05, 0.1) is 12.5 Å². The van der Waals surface area contributed by atoms with Crippen LogP contribution in [0.4, 0.5) is 4.79 Å². The van der Waals surface area contributed by atoms with Gasteiger partial charge in [-0.3, -0.25) is 10.1 Å². The summed E-state index contributed by atoms with van der Waals surface area (Å²) in [5.41, 5.74) is 2.08. The summed E-state index contributed by atoms with van der Waals surface area (Å²) in [5, 5.41) is 4.94. The number of urea groups is 1. The highest BCUT2D eigenvalue weighted by molar-refractivity contribution is 5.97. The van der Waals surface area contributed by atoms with Crippen molar-refractivity contribution < 1.29 is 9.59 Å². The molecule has 0 aromatic heterocycles. The average Bonchev–Trinajstić information content (AvgIpc) is 2.16. The Morgan fingerprint density at radius 2 is 2.00 bits per heavy atom. The Hall–Kier alpha value is -1.84. The van der Waals surface area contributed by atoms with E-state index in [1.165, 1.54) is 0 Å². The molecule has 0 bridgehead atoms. The van der Waals surface area contributed by atoms with E-state index < -0.39 is 6.03 Å². The van der Waals surface area contributed by atoms with Crippen molar-refractivity contribution >= 4 is 11.9 Å². The fourth-order valence-electron chi connectivity index (χ4n) is 1.77. The Kier molecular flexibility index (Phi) is 2.41. The van der Waals surface area contributed by atoms with E-state index in [0.717, 1.165) is 11.1 Å². The third-order valence-electron chi connectivity index (χ3n) is 2.51. The lowest BCUT2D eigenvalue weighted by Gasteiger charge is -2.24. The second-order valence-electron chi connectivity index (χ2n) is 3.63. The largest absolute Gasteiger partial charge is 0.330 e. The highest BCUT2D eigenvalue weighted by Gasteiger charge is 2.25. The van der Waals surface area contributed by atoms with Crippen molar-refractivity contribution in [1.82, 2.24) is 10.6 Å². The van der Waals surface area contributed by atoms with Crippen LogP contribution >= 0.6 is 0 Å². The molecule has 4 nitrogen and oxygen atoms in total. The van der Waals surface area contributed by atoms with Crippen molar-refractivity contribution in [2.75, 3.05) is 0 Å². The van der Waals surface area contributed by atoms with Crippen LogP contribution in [0.5, 0.6) is 0 Å². The van der Waals surface area contributed by atoms with Gasteiger partial charge in [0, 0.05) is 0 Å². The van der Waals surface area contributed by atoms with E-state index in [1.54, 1.807) is 0 Å². The number of benzene rings is 1. The SMILES string of the molecule is Cc1ccccc1[C@@H]1CC(=O)NC(=O)N1. The van der Waals surface area contributed by atoms with Gasteiger partial charge in [0.25, 0.3) is 0 Å². The van der Waals surface area contributed by atoms with E-state index >= 15 is 0 Å². The molecule has 0 aliphatic carbocycles. The Labute approximate surface area is 87.7 Å². The molecule has 1 aromatic carbocycles. The van der Waals surface area contributed by atoms with Gasteiger partial charge in [0.1, 0.15) is 0 Å². The van der Waals surface area contributed by atoms with Crippen LogP contribution in [0.2, 0.25) is 0 Å². The fraction of sp³-hybridized carbons (Fsp3) is 0.273. The Bertz CT molecular complexity index is 399. The zero-order chi connectivity index (χ0) is 10.8. The van der Waals surface area contributed by atoms with Gasteiger partial charge in [-0.25, -0.2) is 4.79 Å². The summed E-state index contributed by atoms with van der Waals surface area (Å²) in [5.74, 6) is -0.230. The Morgan fingerprint density at radius 1 is 1.27 bits per heavy atom. The molecule has 1 atom stereocenters. The minimum atomic E-state index is -0.417. The molecular weight excluding hydrogens is 192 g/mol. The van der Waals surface area contributed by atoms with Crippen molar-refractivity contribution in [2.45, 2.75) is 19.4 Å². The number of aryl methyl sites for hydroxylation is 1. The molecule has 0 saturated carbocycles. The summed E-state index contributed by atoms with van der Waals surface area (Å²) in [6, 6.07) is 7.12. The molecule has 0 spiro atoms. The second-order valence-corrected chi connectivity index (χ2v) is 3.63. The van der Waals surface area contributed by atoms with Crippen molar-refractivity contribution in [3.05, 3.63) is 35.4 Å². The van der Waals surface area contributed by atoms with Gasteiger partial charge in [-0.2, -0.15) is 0 Å². The molecule has 15 heavy (non-hydrogen) atoms. The second kappa shape index (κ2) is 3.73. The normalized spacial score (nSPS) is 20.7. The lowest BCUT2D eigenvalue weighted by Crippen LogP contribution is -2.48. The summed E-state index contributed by atoms with van der Waals surface area (Å²) >= 11 is 0. The van der Waals surface area contributed by atoms with E-state index in [9.17, 15) is 9.59 Å². The number of rotatable bonds is 1. The van der Waals surface area contributed by atoms with Gasteiger partial charge < -0.3 is 5.32 Å². The number of carbonyl (C=O) groups is 2. The highest BCUT2D eigenvalue weighted by atomic mass is 16.2. The summed E-state index contributed by atoms with van der Waals surface area (Å²) in [6.45, 7) is 1.97. The molecule has 0 radical (unpaired) electrons. The molecule has 1 aromatic rings. The summed E-state index contributed by atoms with van der Waals surface area (Å²) in [4.78, 5) is 22.3. The van der Waals surface area contributed by atoms with E-state index in [1.807, 2.05) is 31.2 Å². The molecule has 4 heteroatoms. The molecule has 0 unspecified atom stereocenters. The minimum Gasteiger partial charge on any atom is -0.330 e. The zero-order valence-corrected chi connectivity index (χ0v) is 8.41. The fourth-order valence-corrected chi connectivity index (χ4v) is 1.77. The molecule has 1 aliphatic rings. The van der Waals surface area contributed by atoms with Gasteiger partial charge in [0.15, 0.2) is 0 Å². The van der Waals surface area contributed by atoms with Crippen molar-refractivity contribution in [3.63, 3.8) is 0 Å². The molecule has 1 heterocycles. The van der Waals surface area contributed by atoms with Crippen LogP contribution in [0.25, 0.3) is 0 Å². The van der Waals surface area contributed by atoms with Crippen molar-refractivity contribution in [2.24, 2.45) is 0 Å². The smallest absolute Gasteiger partial charge is 0.321 e. The summed E-state index contributed by atoms with van der Waals surface area (Å²) in [7, 11) is 0. The standard InChI is InChI=1S/C11H12N2O2/c1-7-4-2-3-5-8(7)9-6-10(14)13-11(15)12-9/h2-5,9H,6H2,1H3,(H2,12,13,14,15)/t9-/m0/s1. The van der Waals surface area contributed by atoms with Crippen LogP contribution in [0.1, 0.15) is 23.6 Å². The lowest BCUT2D eigenvalue weighted by molar-refractivity contribution is -0.121. The average molecular weight is 204 g/mol. The number of amides is 3. The zero-order valence-electron chi connectivity index (χ0n) is 8.41. The molecule has 3 amide bonds. The Morgan fingerprint density at radius 3 is 2.67 bits per heavy atom. The molecule has 2 N–H and O–H groups in total.